The number of aliphatic imine (C=N–C) groups is 2. The number of ether oxygens (including phenoxy) is 2. The number of methoxy groups -OCH3 is 1. The van der Waals surface area contributed by atoms with Gasteiger partial charge in [-0.3, -0.25) is 14.9 Å². The topological polar surface area (TPSA) is 128 Å². The first-order valence-corrected chi connectivity index (χ1v) is 14.5. The molecule has 0 bridgehead atoms. The lowest BCUT2D eigenvalue weighted by Crippen LogP contribution is -2.33. The van der Waals surface area contributed by atoms with Gasteiger partial charge in [-0.1, -0.05) is 19.6 Å². The van der Waals surface area contributed by atoms with Gasteiger partial charge in [-0.05, 0) is 56.6 Å². The number of anilines is 2. The fourth-order valence-electron chi connectivity index (χ4n) is 4.91. The van der Waals surface area contributed by atoms with Gasteiger partial charge in [0.05, 0.1) is 43.5 Å². The van der Waals surface area contributed by atoms with Crippen molar-refractivity contribution in [2.45, 2.75) is 26.2 Å². The molecule has 1 unspecified atom stereocenters. The molecule has 0 fully saturated rings. The highest BCUT2D eigenvalue weighted by molar-refractivity contribution is 6.02. The molecule has 1 aliphatic heterocycles. The summed E-state index contributed by atoms with van der Waals surface area (Å²) < 4.78 is 11.9. The van der Waals surface area contributed by atoms with E-state index in [-0.39, 0.29) is 11.8 Å². The van der Waals surface area contributed by atoms with Crippen molar-refractivity contribution in [3.8, 4) is 11.5 Å². The number of nitrogens with zero attached hydrogens (tertiary/aromatic N) is 4. The summed E-state index contributed by atoms with van der Waals surface area (Å²) in [4.78, 5) is 24.0. The van der Waals surface area contributed by atoms with Crippen LogP contribution in [0, 0.1) is 5.92 Å². The summed E-state index contributed by atoms with van der Waals surface area (Å²) >= 11 is 0. The van der Waals surface area contributed by atoms with Crippen molar-refractivity contribution in [3.63, 3.8) is 0 Å². The smallest absolute Gasteiger partial charge is 0.247 e. The minimum atomic E-state index is -0.332. The molecule has 0 radical (unpaired) electrons. The van der Waals surface area contributed by atoms with Crippen LogP contribution in [0.15, 0.2) is 58.9 Å². The van der Waals surface area contributed by atoms with Gasteiger partial charge in [0.25, 0.3) is 0 Å². The van der Waals surface area contributed by atoms with E-state index in [0.717, 1.165) is 62.4 Å². The Balaban J connectivity index is 1.50. The van der Waals surface area contributed by atoms with Crippen molar-refractivity contribution in [2.75, 3.05) is 64.1 Å². The number of aromatic nitrogens is 2. The Hall–Kier alpha value is -4.22. The number of carbonyl (C=O) groups is 1. The molecule has 2 heterocycles. The van der Waals surface area contributed by atoms with E-state index in [0.29, 0.717) is 41.8 Å². The highest BCUT2D eigenvalue weighted by atomic mass is 16.5. The zero-order valence-corrected chi connectivity index (χ0v) is 24.8. The molecular formula is C31H42N8O3. The Morgan fingerprint density at radius 3 is 2.90 bits per heavy atom. The summed E-state index contributed by atoms with van der Waals surface area (Å²) in [6, 6.07) is 3.58. The number of allylic oxidation sites excluding steroid dienone is 2. The molecule has 1 aliphatic carbocycles. The number of aromatic amines is 1. The maximum absolute atomic E-state index is 12.3. The van der Waals surface area contributed by atoms with Crippen LogP contribution in [0.2, 0.25) is 0 Å². The Kier molecular flexibility index (Phi) is 11.5. The van der Waals surface area contributed by atoms with Gasteiger partial charge in [-0.25, -0.2) is 4.99 Å². The second-order valence-corrected chi connectivity index (χ2v) is 10.1. The van der Waals surface area contributed by atoms with Crippen molar-refractivity contribution < 1.29 is 14.3 Å². The van der Waals surface area contributed by atoms with Gasteiger partial charge < -0.3 is 30.3 Å². The van der Waals surface area contributed by atoms with Crippen LogP contribution in [-0.4, -0.2) is 86.4 Å². The summed E-state index contributed by atoms with van der Waals surface area (Å²) in [5.41, 5.74) is 4.26. The molecule has 0 saturated heterocycles. The lowest BCUT2D eigenvalue weighted by molar-refractivity contribution is -0.111. The minimum absolute atomic E-state index is 0.111. The fraction of sp³-hybridized carbons (Fsp3) is 0.419. The Morgan fingerprint density at radius 2 is 2.12 bits per heavy atom. The zero-order chi connectivity index (χ0) is 29.7. The van der Waals surface area contributed by atoms with Crippen molar-refractivity contribution in [1.82, 2.24) is 20.4 Å². The van der Waals surface area contributed by atoms with Crippen molar-refractivity contribution in [3.05, 3.63) is 60.2 Å². The third kappa shape index (κ3) is 8.40. The number of carbonyl (C=O) groups excluding carboxylic acids is 1. The highest BCUT2D eigenvalue weighted by Gasteiger charge is 2.21. The molecule has 1 amide bonds. The number of hydrogen-bond acceptors (Lipinski definition) is 9. The first kappa shape index (κ1) is 30.7. The predicted molar refractivity (Wildman–Crippen MR) is 170 cm³/mol. The minimum Gasteiger partial charge on any atom is -0.494 e. The quantitative estimate of drug-likeness (QED) is 0.177. The first-order chi connectivity index (χ1) is 20.5. The lowest BCUT2D eigenvalue weighted by Gasteiger charge is -2.22. The first-order valence-electron chi connectivity index (χ1n) is 14.5. The summed E-state index contributed by atoms with van der Waals surface area (Å²) in [6.45, 7) is 10.7. The lowest BCUT2D eigenvalue weighted by atomic mass is 9.90. The molecule has 42 heavy (non-hydrogen) atoms. The molecule has 1 aromatic carbocycles. The summed E-state index contributed by atoms with van der Waals surface area (Å²) in [5.74, 6) is 1.47. The zero-order valence-electron chi connectivity index (χ0n) is 24.8. The monoisotopic (exact) mass is 574 g/mol. The molecule has 11 nitrogen and oxygen atoms in total. The summed E-state index contributed by atoms with van der Waals surface area (Å²) in [6.07, 6.45) is 13.8. The van der Waals surface area contributed by atoms with Crippen LogP contribution in [0.25, 0.3) is 6.08 Å². The summed E-state index contributed by atoms with van der Waals surface area (Å²) in [5, 5.41) is 16.6. The largest absolute Gasteiger partial charge is 0.494 e. The van der Waals surface area contributed by atoms with Crippen molar-refractivity contribution in [1.29, 1.82) is 0 Å². The average molecular weight is 575 g/mol. The molecule has 11 heteroatoms. The number of likely N-dealkylation sites (N-methyl/N-ethyl adjacent to an activating group) is 1. The van der Waals surface area contributed by atoms with Gasteiger partial charge >= 0.3 is 0 Å². The van der Waals surface area contributed by atoms with E-state index in [4.69, 9.17) is 14.5 Å². The second kappa shape index (κ2) is 15.7. The van der Waals surface area contributed by atoms with Crippen LogP contribution in [-0.2, 0) is 11.2 Å². The van der Waals surface area contributed by atoms with Gasteiger partial charge in [-0.15, -0.1) is 0 Å². The van der Waals surface area contributed by atoms with E-state index in [1.165, 1.54) is 6.08 Å². The van der Waals surface area contributed by atoms with Crippen LogP contribution in [0.3, 0.4) is 0 Å². The summed E-state index contributed by atoms with van der Waals surface area (Å²) in [7, 11) is 3.57. The number of hydrogen-bond donors (Lipinski definition) is 4. The van der Waals surface area contributed by atoms with Crippen LogP contribution >= 0.6 is 0 Å². The Morgan fingerprint density at radius 1 is 1.24 bits per heavy atom. The number of rotatable bonds is 16. The molecule has 0 saturated carbocycles. The van der Waals surface area contributed by atoms with Crippen LogP contribution in [0.5, 0.6) is 11.5 Å². The third-order valence-electron chi connectivity index (χ3n) is 7.04. The molecule has 2 aliphatic rings. The van der Waals surface area contributed by atoms with Gasteiger partial charge in [0.1, 0.15) is 17.3 Å². The molecule has 4 N–H and O–H groups in total. The third-order valence-corrected chi connectivity index (χ3v) is 7.04. The Bertz CT molecular complexity index is 1340. The Labute approximate surface area is 247 Å². The van der Waals surface area contributed by atoms with Gasteiger partial charge in [-0.2, -0.15) is 5.10 Å². The van der Waals surface area contributed by atoms with E-state index in [1.54, 1.807) is 25.5 Å². The van der Waals surface area contributed by atoms with Gasteiger partial charge in [0.15, 0.2) is 0 Å². The number of fused-ring (bicyclic) bond motifs is 1. The van der Waals surface area contributed by atoms with E-state index >= 15 is 0 Å². The van der Waals surface area contributed by atoms with Crippen LogP contribution < -0.4 is 25.4 Å². The standard InChI is InChI=1S/C31H42N8O3/c1-5-13-39(15-12-32-3)14-7-16-42-29-20-28(41-4)26(18-27(29)37-31(40)6-2)36-30-19-25(33-10-11-34-30)22-8-9-24-23(17-22)21-35-38-24/h6,8-9,11,18-22,32,36H,2,5,7,10,12-17H2,1,3-4H3,(H,35,38)(H,37,40). The maximum atomic E-state index is 12.3. The number of amides is 1. The number of benzene rings is 1. The second-order valence-electron chi connectivity index (χ2n) is 10.1. The van der Waals surface area contributed by atoms with E-state index < -0.39 is 0 Å². The number of nitrogens with one attached hydrogen (secondary N) is 4. The number of H-pyrrole nitrogens is 1. The normalized spacial score (nSPS) is 15.9. The maximum Gasteiger partial charge on any atom is 0.247 e. The van der Waals surface area contributed by atoms with E-state index in [9.17, 15) is 4.79 Å². The molecule has 0 spiro atoms. The van der Waals surface area contributed by atoms with E-state index in [1.807, 2.05) is 25.4 Å². The molecular weight excluding hydrogens is 532 g/mol. The van der Waals surface area contributed by atoms with Gasteiger partial charge in [0.2, 0.25) is 5.91 Å². The molecule has 1 atom stereocenters. The van der Waals surface area contributed by atoms with E-state index in [2.05, 4.69) is 55.6 Å². The SMILES string of the molecule is C=CC(=O)Nc1cc(NC2=CC(C3C=Cc4[nH]ncc4C3)=NCC=N2)c(OC)cc1OCCCN(CCC)CCNC. The molecule has 2 aromatic rings. The fourth-order valence-corrected chi connectivity index (χ4v) is 4.91. The molecule has 4 rings (SSSR count). The average Bonchev–Trinajstić information content (AvgIpc) is 3.35. The molecule has 1 aromatic heterocycles. The van der Waals surface area contributed by atoms with Crippen molar-refractivity contribution in [2.24, 2.45) is 15.9 Å². The predicted octanol–water partition coefficient (Wildman–Crippen LogP) is 3.91. The van der Waals surface area contributed by atoms with Crippen molar-refractivity contribution >= 4 is 35.3 Å². The van der Waals surface area contributed by atoms with Gasteiger partial charge in [0, 0.05) is 49.6 Å². The van der Waals surface area contributed by atoms with Crippen LogP contribution in [0.4, 0.5) is 11.4 Å². The van der Waals surface area contributed by atoms with Crippen LogP contribution in [0.1, 0.15) is 31.0 Å². The molecule has 224 valence electrons. The highest BCUT2D eigenvalue weighted by Crippen LogP contribution is 2.38.